The van der Waals surface area contributed by atoms with E-state index in [2.05, 4.69) is 22.8 Å². The molecule has 0 aliphatic carbocycles. The minimum Gasteiger partial charge on any atom is -0.444 e. The lowest BCUT2D eigenvalue weighted by atomic mass is 10.1. The summed E-state index contributed by atoms with van der Waals surface area (Å²) in [4.78, 5) is 39.1. The monoisotopic (exact) mass is 459 g/mol. The Labute approximate surface area is 193 Å². The maximum Gasteiger partial charge on any atom is 0.411 e. The van der Waals surface area contributed by atoms with E-state index in [9.17, 15) is 9.59 Å². The molecule has 3 heterocycles. The molecule has 32 heavy (non-hydrogen) atoms. The fraction of sp³-hybridized carbons (Fsp3) is 0.609. The van der Waals surface area contributed by atoms with Gasteiger partial charge < -0.3 is 14.5 Å². The van der Waals surface area contributed by atoms with Crippen molar-refractivity contribution in [3.8, 4) is 0 Å². The predicted octanol–water partition coefficient (Wildman–Crippen LogP) is 2.89. The molecule has 2 saturated heterocycles. The summed E-state index contributed by atoms with van der Waals surface area (Å²) in [5.41, 5.74) is 0.427. The molecule has 4 rings (SSSR count). The Bertz CT molecular complexity index is 931. The molecule has 8 nitrogen and oxygen atoms in total. The second-order valence-corrected chi connectivity index (χ2v) is 10.4. The van der Waals surface area contributed by atoms with Crippen molar-refractivity contribution >= 4 is 38.7 Å². The Morgan fingerprint density at radius 3 is 2.47 bits per heavy atom. The van der Waals surface area contributed by atoms with Crippen LogP contribution in [0.1, 0.15) is 27.7 Å². The number of benzene rings is 1. The van der Waals surface area contributed by atoms with Gasteiger partial charge in [0.1, 0.15) is 11.6 Å². The Morgan fingerprint density at radius 2 is 1.81 bits per heavy atom. The van der Waals surface area contributed by atoms with Gasteiger partial charge >= 0.3 is 6.09 Å². The lowest BCUT2D eigenvalue weighted by molar-refractivity contribution is -0.139. The Balaban J connectivity index is 1.42. The molecule has 1 aromatic heterocycles. The van der Waals surface area contributed by atoms with Gasteiger partial charge in [-0.2, -0.15) is 0 Å². The average Bonchev–Trinajstić information content (AvgIpc) is 3.21. The van der Waals surface area contributed by atoms with Gasteiger partial charge in [0.2, 0.25) is 5.91 Å². The van der Waals surface area contributed by atoms with Gasteiger partial charge in [0.15, 0.2) is 5.13 Å². The van der Waals surface area contributed by atoms with Crippen molar-refractivity contribution in [2.24, 2.45) is 0 Å². The van der Waals surface area contributed by atoms with Gasteiger partial charge in [-0.3, -0.25) is 14.6 Å². The minimum absolute atomic E-state index is 0.0120. The Morgan fingerprint density at radius 1 is 1.09 bits per heavy atom. The normalized spacial score (nSPS) is 20.6. The first-order valence-electron chi connectivity index (χ1n) is 11.4. The van der Waals surface area contributed by atoms with Gasteiger partial charge in [0.05, 0.1) is 10.2 Å². The number of rotatable bonds is 3. The fourth-order valence-corrected chi connectivity index (χ4v) is 5.22. The van der Waals surface area contributed by atoms with Crippen molar-refractivity contribution in [1.82, 2.24) is 19.7 Å². The second kappa shape index (κ2) is 9.23. The number of para-hydroxylation sites is 1. The van der Waals surface area contributed by atoms with Gasteiger partial charge in [-0.25, -0.2) is 9.78 Å². The third kappa shape index (κ3) is 4.99. The molecule has 0 unspecified atom stereocenters. The zero-order valence-electron chi connectivity index (χ0n) is 19.4. The smallest absolute Gasteiger partial charge is 0.411 e. The van der Waals surface area contributed by atoms with E-state index in [1.165, 1.54) is 4.70 Å². The molecule has 2 aliphatic heterocycles. The number of aromatic nitrogens is 1. The molecule has 2 amide bonds. The molecule has 2 aliphatic rings. The summed E-state index contributed by atoms with van der Waals surface area (Å²) in [6, 6.07) is 7.64. The molecule has 0 N–H and O–H groups in total. The van der Waals surface area contributed by atoms with Crippen molar-refractivity contribution in [2.45, 2.75) is 39.3 Å². The number of anilines is 1. The number of likely N-dealkylation sites (N-methyl/N-ethyl adjacent to an activating group) is 1. The van der Waals surface area contributed by atoms with E-state index in [0.29, 0.717) is 26.2 Å². The molecule has 174 valence electrons. The molecular weight excluding hydrogens is 426 g/mol. The van der Waals surface area contributed by atoms with E-state index in [4.69, 9.17) is 9.72 Å². The van der Waals surface area contributed by atoms with Crippen LogP contribution < -0.4 is 4.90 Å². The van der Waals surface area contributed by atoms with Crippen LogP contribution in [0.15, 0.2) is 24.3 Å². The van der Waals surface area contributed by atoms with Crippen LogP contribution in [-0.4, -0.2) is 95.7 Å². The molecule has 0 saturated carbocycles. The summed E-state index contributed by atoms with van der Waals surface area (Å²) >= 11 is 1.69. The van der Waals surface area contributed by atoms with Gasteiger partial charge in [-0.1, -0.05) is 30.4 Å². The molecule has 0 radical (unpaired) electrons. The number of hydrogen-bond acceptors (Lipinski definition) is 7. The van der Waals surface area contributed by atoms with Crippen molar-refractivity contribution < 1.29 is 14.3 Å². The lowest BCUT2D eigenvalue weighted by Gasteiger charge is -2.43. The number of piperazine rings is 2. The lowest BCUT2D eigenvalue weighted by Crippen LogP contribution is -2.63. The maximum atomic E-state index is 13.5. The SMILES string of the molecule is CCN1CCN(C(=O)OC(C)(C)C)[C@@H](C(=O)N2CCN(c3nc4ccccc4s3)CC2)C1. The highest BCUT2D eigenvalue weighted by atomic mass is 32.1. The molecule has 0 spiro atoms. The standard InChI is InChI=1S/C23H33N5O3S/c1-5-25-10-15-28(22(30)31-23(2,3)4)18(16-25)20(29)26-11-13-27(14-12-26)21-24-17-8-6-7-9-19(17)32-21/h6-9,18H,5,10-16H2,1-4H3/t18-/m1/s1. The number of fused-ring (bicyclic) bond motifs is 1. The van der Waals surface area contributed by atoms with Crippen LogP contribution in [0, 0.1) is 0 Å². The van der Waals surface area contributed by atoms with Crippen molar-refractivity contribution in [3.63, 3.8) is 0 Å². The highest BCUT2D eigenvalue weighted by molar-refractivity contribution is 7.22. The molecule has 1 atom stereocenters. The Kier molecular flexibility index (Phi) is 6.57. The first-order valence-corrected chi connectivity index (χ1v) is 12.2. The van der Waals surface area contributed by atoms with Gasteiger partial charge in [0.25, 0.3) is 0 Å². The first-order chi connectivity index (χ1) is 15.2. The minimum atomic E-state index is -0.588. The number of thiazole rings is 1. The van der Waals surface area contributed by atoms with Gasteiger partial charge in [-0.05, 0) is 39.4 Å². The molecule has 1 aromatic carbocycles. The summed E-state index contributed by atoms with van der Waals surface area (Å²) in [5, 5.41) is 1.00. The topological polar surface area (TPSA) is 69.2 Å². The van der Waals surface area contributed by atoms with Gasteiger partial charge in [0, 0.05) is 45.8 Å². The van der Waals surface area contributed by atoms with Crippen molar-refractivity contribution in [2.75, 3.05) is 57.3 Å². The van der Waals surface area contributed by atoms with Crippen LogP contribution in [0.4, 0.5) is 9.93 Å². The molecular formula is C23H33N5O3S. The second-order valence-electron chi connectivity index (χ2n) is 9.36. The average molecular weight is 460 g/mol. The van der Waals surface area contributed by atoms with Crippen LogP contribution >= 0.6 is 11.3 Å². The maximum absolute atomic E-state index is 13.5. The summed E-state index contributed by atoms with van der Waals surface area (Å²) in [5.74, 6) is 0.0120. The highest BCUT2D eigenvalue weighted by Crippen LogP contribution is 2.29. The van der Waals surface area contributed by atoms with Crippen LogP contribution in [0.2, 0.25) is 0 Å². The third-order valence-corrected chi connectivity index (χ3v) is 7.07. The first kappa shape index (κ1) is 22.8. The van der Waals surface area contributed by atoms with E-state index < -0.39 is 17.7 Å². The van der Waals surface area contributed by atoms with Crippen LogP contribution in [-0.2, 0) is 9.53 Å². The highest BCUT2D eigenvalue weighted by Gasteiger charge is 2.39. The zero-order valence-corrected chi connectivity index (χ0v) is 20.2. The summed E-state index contributed by atoms with van der Waals surface area (Å²) in [6.45, 7) is 13.0. The number of carbonyl (C=O) groups is 2. The molecule has 2 aromatic rings. The third-order valence-electron chi connectivity index (χ3n) is 5.97. The number of hydrogen-bond donors (Lipinski definition) is 0. The summed E-state index contributed by atoms with van der Waals surface area (Å²) in [6.07, 6.45) is -0.403. The van der Waals surface area contributed by atoms with E-state index in [-0.39, 0.29) is 5.91 Å². The number of ether oxygens (including phenoxy) is 1. The van der Waals surface area contributed by atoms with Crippen LogP contribution in [0.25, 0.3) is 10.2 Å². The van der Waals surface area contributed by atoms with E-state index >= 15 is 0 Å². The van der Waals surface area contributed by atoms with E-state index in [1.54, 1.807) is 16.2 Å². The van der Waals surface area contributed by atoms with Crippen LogP contribution in [0.3, 0.4) is 0 Å². The quantitative estimate of drug-likeness (QED) is 0.703. The molecule has 2 fully saturated rings. The largest absolute Gasteiger partial charge is 0.444 e. The summed E-state index contributed by atoms with van der Waals surface area (Å²) < 4.78 is 6.78. The van der Waals surface area contributed by atoms with Crippen molar-refractivity contribution in [3.05, 3.63) is 24.3 Å². The number of carbonyl (C=O) groups excluding carboxylic acids is 2. The number of amides is 2. The zero-order chi connectivity index (χ0) is 22.9. The van der Waals surface area contributed by atoms with Gasteiger partial charge in [-0.15, -0.1) is 0 Å². The number of nitrogens with zero attached hydrogens (tertiary/aromatic N) is 5. The molecule has 9 heteroatoms. The van der Waals surface area contributed by atoms with E-state index in [1.807, 2.05) is 43.9 Å². The van der Waals surface area contributed by atoms with E-state index in [0.717, 1.165) is 36.8 Å². The van der Waals surface area contributed by atoms with Crippen molar-refractivity contribution in [1.29, 1.82) is 0 Å². The fourth-order valence-electron chi connectivity index (χ4n) is 4.20. The predicted molar refractivity (Wildman–Crippen MR) is 127 cm³/mol. The molecule has 0 bridgehead atoms. The van der Waals surface area contributed by atoms with Crippen LogP contribution in [0.5, 0.6) is 0 Å². The Hall–Kier alpha value is -2.39. The summed E-state index contributed by atoms with van der Waals surface area (Å²) in [7, 11) is 0.